The number of halogens is 4. The van der Waals surface area contributed by atoms with E-state index in [4.69, 9.17) is 10.0 Å². The third kappa shape index (κ3) is 3.12. The molecule has 0 heterocycles. The first-order valence-electron chi connectivity index (χ1n) is 4.66. The zero-order chi connectivity index (χ0) is 13.9. The molecular weight excluding hydrogens is 259 g/mol. The molecule has 1 aromatic carbocycles. The minimum atomic E-state index is -4.83. The second kappa shape index (κ2) is 5.55. The third-order valence-corrected chi connectivity index (χ3v) is 2.03. The van der Waals surface area contributed by atoms with Crippen LogP contribution in [0.15, 0.2) is 12.1 Å². The van der Waals surface area contributed by atoms with E-state index in [0.29, 0.717) is 12.1 Å². The van der Waals surface area contributed by atoms with Crippen LogP contribution >= 0.6 is 0 Å². The lowest BCUT2D eigenvalue weighted by molar-refractivity contribution is -0.140. The summed E-state index contributed by atoms with van der Waals surface area (Å²) in [5.74, 6) is -2.62. The van der Waals surface area contributed by atoms with Crippen LogP contribution in [0.2, 0.25) is 0 Å². The van der Waals surface area contributed by atoms with Crippen LogP contribution in [0.5, 0.6) is 5.75 Å². The summed E-state index contributed by atoms with van der Waals surface area (Å²) in [5, 5.41) is 17.6. The van der Waals surface area contributed by atoms with Crippen LogP contribution in [0.25, 0.3) is 0 Å². The molecule has 0 aromatic heterocycles. The predicted molar refractivity (Wildman–Crippen MR) is 53.7 cm³/mol. The van der Waals surface area contributed by atoms with E-state index in [0.717, 1.165) is 7.11 Å². The van der Waals surface area contributed by atoms with Crippen molar-refractivity contribution in [3.8, 4) is 5.75 Å². The lowest BCUT2D eigenvalue weighted by Gasteiger charge is -2.16. The van der Waals surface area contributed by atoms with Gasteiger partial charge in [0.05, 0.1) is 0 Å². The van der Waals surface area contributed by atoms with Crippen molar-refractivity contribution in [1.29, 1.82) is 0 Å². The first kappa shape index (κ1) is 14.7. The van der Waals surface area contributed by atoms with E-state index in [2.05, 4.69) is 9.47 Å². The fourth-order valence-electron chi connectivity index (χ4n) is 1.25. The number of alkyl halides is 3. The van der Waals surface area contributed by atoms with Gasteiger partial charge in [-0.25, -0.2) is 4.39 Å². The topological polar surface area (TPSA) is 58.9 Å². The Kier molecular flexibility index (Phi) is 4.55. The molecule has 1 aromatic rings. The molecule has 100 valence electrons. The van der Waals surface area contributed by atoms with Gasteiger partial charge in [-0.15, -0.1) is 0 Å². The molecule has 0 spiro atoms. The molecule has 18 heavy (non-hydrogen) atoms. The van der Waals surface area contributed by atoms with Gasteiger partial charge in [-0.05, 0) is 6.07 Å². The molecule has 2 N–H and O–H groups in total. The van der Waals surface area contributed by atoms with Gasteiger partial charge in [0.2, 0.25) is 0 Å². The highest BCUT2D eigenvalue weighted by molar-refractivity contribution is 6.58. The third-order valence-electron chi connectivity index (χ3n) is 2.03. The number of benzene rings is 1. The van der Waals surface area contributed by atoms with Crippen molar-refractivity contribution in [3.05, 3.63) is 23.5 Å². The number of hydrogen-bond acceptors (Lipinski definition) is 4. The summed E-state index contributed by atoms with van der Waals surface area (Å²) in [4.78, 5) is 0. The van der Waals surface area contributed by atoms with Crippen LogP contribution in [-0.2, 0) is 10.9 Å². The second-order valence-electron chi connectivity index (χ2n) is 3.27. The molecule has 0 unspecified atom stereocenters. The maximum absolute atomic E-state index is 13.6. The van der Waals surface area contributed by atoms with Crippen molar-refractivity contribution >= 4 is 12.6 Å². The normalized spacial score (nSPS) is 11.5. The monoisotopic (exact) mass is 268 g/mol. The average molecular weight is 268 g/mol. The predicted octanol–water partition coefficient (Wildman–Crippen LogP) is 0.507. The quantitative estimate of drug-likeness (QED) is 0.474. The summed E-state index contributed by atoms with van der Waals surface area (Å²) in [6.45, 7) is -0.606. The Balaban J connectivity index is 3.32. The summed E-state index contributed by atoms with van der Waals surface area (Å²) < 4.78 is 60.2. The molecule has 0 fully saturated rings. The van der Waals surface area contributed by atoms with Gasteiger partial charge >= 0.3 is 13.3 Å². The zero-order valence-corrected chi connectivity index (χ0v) is 9.16. The van der Waals surface area contributed by atoms with Gasteiger partial charge in [0, 0.05) is 12.6 Å². The molecule has 1 rings (SSSR count). The molecule has 0 saturated heterocycles. The standard InChI is InChI=1S/C9H9BF4O4/c1-17-4-18-8-5(9(12,13)14)2-3-6(7(8)11)10(15)16/h2-3,15-16H,4H2,1H3. The highest BCUT2D eigenvalue weighted by Crippen LogP contribution is 2.37. The van der Waals surface area contributed by atoms with E-state index in [-0.39, 0.29) is 0 Å². The van der Waals surface area contributed by atoms with Crippen LogP contribution in [0.4, 0.5) is 17.6 Å². The first-order valence-corrected chi connectivity index (χ1v) is 4.66. The number of ether oxygens (including phenoxy) is 2. The van der Waals surface area contributed by atoms with Gasteiger partial charge < -0.3 is 19.5 Å². The summed E-state index contributed by atoms with van der Waals surface area (Å²) in [6.07, 6.45) is -4.83. The maximum Gasteiger partial charge on any atom is 0.491 e. The van der Waals surface area contributed by atoms with E-state index in [9.17, 15) is 17.6 Å². The van der Waals surface area contributed by atoms with Gasteiger partial charge in [0.1, 0.15) is 5.56 Å². The van der Waals surface area contributed by atoms with Gasteiger partial charge in [-0.3, -0.25) is 0 Å². The van der Waals surface area contributed by atoms with Gasteiger partial charge in [-0.1, -0.05) is 6.07 Å². The van der Waals surface area contributed by atoms with Gasteiger partial charge in [-0.2, -0.15) is 13.2 Å². The zero-order valence-electron chi connectivity index (χ0n) is 9.16. The Morgan fingerprint density at radius 3 is 2.33 bits per heavy atom. The minimum absolute atomic E-state index is 0.503. The maximum atomic E-state index is 13.6. The number of rotatable bonds is 4. The Bertz CT molecular complexity index is 422. The summed E-state index contributed by atoms with van der Waals surface area (Å²) in [7, 11) is -1.09. The lowest BCUT2D eigenvalue weighted by atomic mass is 9.79. The van der Waals surface area contributed by atoms with Crippen LogP contribution in [-0.4, -0.2) is 31.1 Å². The summed E-state index contributed by atoms with van der Waals surface area (Å²) >= 11 is 0. The molecule has 0 aliphatic heterocycles. The van der Waals surface area contributed by atoms with Gasteiger partial charge in [0.25, 0.3) is 0 Å². The Morgan fingerprint density at radius 2 is 1.89 bits per heavy atom. The molecule has 0 radical (unpaired) electrons. The molecule has 4 nitrogen and oxygen atoms in total. The second-order valence-corrected chi connectivity index (χ2v) is 3.27. The molecular formula is C9H9BF4O4. The summed E-state index contributed by atoms with van der Waals surface area (Å²) in [6, 6.07) is 1.13. The largest absolute Gasteiger partial charge is 0.491 e. The van der Waals surface area contributed by atoms with Crippen LogP contribution in [0.3, 0.4) is 0 Å². The fourth-order valence-corrected chi connectivity index (χ4v) is 1.25. The number of hydrogen-bond donors (Lipinski definition) is 2. The molecule has 0 bridgehead atoms. The van der Waals surface area contributed by atoms with Crippen molar-refractivity contribution in [2.45, 2.75) is 6.18 Å². The van der Waals surface area contributed by atoms with Crippen molar-refractivity contribution in [2.24, 2.45) is 0 Å². The SMILES string of the molecule is COCOc1c(C(F)(F)F)ccc(B(O)O)c1F. The lowest BCUT2D eigenvalue weighted by Crippen LogP contribution is -2.34. The highest BCUT2D eigenvalue weighted by atomic mass is 19.4. The van der Waals surface area contributed by atoms with E-state index in [1.807, 2.05) is 0 Å². The van der Waals surface area contributed by atoms with Crippen molar-refractivity contribution < 1.29 is 37.1 Å². The van der Waals surface area contributed by atoms with E-state index in [1.54, 1.807) is 0 Å². The highest BCUT2D eigenvalue weighted by Gasteiger charge is 2.37. The Labute approximate surface area is 99.9 Å². The molecule has 0 aliphatic carbocycles. The fraction of sp³-hybridized carbons (Fsp3) is 0.333. The van der Waals surface area contributed by atoms with Crippen LogP contribution in [0.1, 0.15) is 5.56 Å². The van der Waals surface area contributed by atoms with Crippen LogP contribution < -0.4 is 10.2 Å². The average Bonchev–Trinajstić information content (AvgIpc) is 2.25. The smallest absolute Gasteiger partial charge is 0.464 e. The molecule has 9 heteroatoms. The first-order chi connectivity index (χ1) is 8.29. The van der Waals surface area contributed by atoms with Crippen molar-refractivity contribution in [2.75, 3.05) is 13.9 Å². The Morgan fingerprint density at radius 1 is 1.28 bits per heavy atom. The van der Waals surface area contributed by atoms with E-state index in [1.165, 1.54) is 0 Å². The molecule has 0 atom stereocenters. The van der Waals surface area contributed by atoms with E-state index < -0.39 is 42.7 Å². The Hall–Kier alpha value is -1.32. The summed E-state index contributed by atoms with van der Waals surface area (Å²) in [5.41, 5.74) is -2.07. The molecule has 0 aliphatic rings. The van der Waals surface area contributed by atoms with E-state index >= 15 is 0 Å². The van der Waals surface area contributed by atoms with Crippen molar-refractivity contribution in [1.82, 2.24) is 0 Å². The molecule has 0 amide bonds. The van der Waals surface area contributed by atoms with Crippen LogP contribution in [0, 0.1) is 5.82 Å². The molecule has 0 saturated carbocycles. The minimum Gasteiger partial charge on any atom is -0.464 e. The van der Waals surface area contributed by atoms with Gasteiger partial charge in [0.15, 0.2) is 18.4 Å². The van der Waals surface area contributed by atoms with Crippen molar-refractivity contribution in [3.63, 3.8) is 0 Å². The number of methoxy groups -OCH3 is 1.